The van der Waals surface area contributed by atoms with Crippen LogP contribution in [-0.4, -0.2) is 24.2 Å². The summed E-state index contributed by atoms with van der Waals surface area (Å²) in [5.41, 5.74) is 20.6. The minimum absolute atomic E-state index is 0.737. The third-order valence-electron chi connectivity index (χ3n) is 22.5. The van der Waals surface area contributed by atoms with Crippen molar-refractivity contribution in [2.24, 2.45) is 21.1 Å². The van der Waals surface area contributed by atoms with E-state index in [0.717, 1.165) is 23.7 Å². The zero-order chi connectivity index (χ0) is 64.5. The number of hydrogen-bond donors (Lipinski definition) is 0. The van der Waals surface area contributed by atoms with E-state index in [1.54, 1.807) is 21.9 Å². The summed E-state index contributed by atoms with van der Waals surface area (Å²) >= 11 is 0. The Labute approximate surface area is 554 Å². The average molecular weight is 1260 g/mol. The molecule has 0 aliphatic heterocycles. The Morgan fingerprint density at radius 3 is 1.01 bits per heavy atom. The highest BCUT2D eigenvalue weighted by Gasteiger charge is 2.30. The molecule has 0 amide bonds. The summed E-state index contributed by atoms with van der Waals surface area (Å²) in [6.07, 6.45) is 34.4. The Kier molecular flexibility index (Phi) is 20.5. The number of hydrogen-bond acceptors (Lipinski definition) is 0. The van der Waals surface area contributed by atoms with Crippen LogP contribution in [0, 0.1) is 27.7 Å². The number of pyridine rings is 3. The topological polar surface area (TPSA) is 11.6 Å². The second-order valence-corrected chi connectivity index (χ2v) is 47.4. The number of fused-ring (bicyclic) bond motifs is 3. The van der Waals surface area contributed by atoms with Crippen molar-refractivity contribution in [2.45, 2.75) is 239 Å². The van der Waals surface area contributed by atoms with Gasteiger partial charge in [0.1, 0.15) is 21.1 Å². The molecule has 0 bridgehead atoms. The maximum absolute atomic E-state index is 2.65. The molecular formula is C85H114N3Si3+3. The fraction of sp³-hybridized carbons (Fsp3) is 0.471. The average Bonchev–Trinajstić information content (AvgIpc) is 0.804. The predicted molar refractivity (Wildman–Crippen MR) is 403 cm³/mol. The Morgan fingerprint density at radius 1 is 0.297 bits per heavy atom. The van der Waals surface area contributed by atoms with Crippen LogP contribution in [0.2, 0.25) is 58.9 Å². The fourth-order valence-corrected chi connectivity index (χ4v) is 19.9. The second-order valence-electron chi connectivity index (χ2n) is 32.2. The van der Waals surface area contributed by atoms with Gasteiger partial charge in [-0.2, -0.15) is 0 Å². The normalized spacial score (nSPS) is 16.8. The number of aromatic nitrogens is 3. The molecule has 13 rings (SSSR count). The quantitative estimate of drug-likeness (QED) is 0.0955. The van der Waals surface area contributed by atoms with Gasteiger partial charge in [0.25, 0.3) is 0 Å². The van der Waals surface area contributed by atoms with Crippen LogP contribution in [0.5, 0.6) is 0 Å². The molecule has 0 spiro atoms. The highest BCUT2D eigenvalue weighted by Crippen LogP contribution is 2.44. The van der Waals surface area contributed by atoms with Crippen molar-refractivity contribution in [2.75, 3.05) is 0 Å². The van der Waals surface area contributed by atoms with E-state index in [1.165, 1.54) is 233 Å². The number of nitrogens with zero attached hydrogens (tertiary/aromatic N) is 3. The van der Waals surface area contributed by atoms with Crippen LogP contribution in [0.4, 0.5) is 0 Å². The van der Waals surface area contributed by atoms with Crippen LogP contribution in [-0.2, 0) is 21.1 Å². The molecule has 6 aromatic carbocycles. The van der Waals surface area contributed by atoms with Gasteiger partial charge in [0.15, 0.2) is 18.6 Å². The Balaban J connectivity index is 0.000000141. The third-order valence-corrected chi connectivity index (χ3v) is 28.6. The van der Waals surface area contributed by atoms with Crippen molar-refractivity contribution >= 4 is 72.1 Å². The molecule has 0 atom stereocenters. The predicted octanol–water partition coefficient (Wildman–Crippen LogP) is 21.1. The van der Waals surface area contributed by atoms with E-state index in [4.69, 9.17) is 0 Å². The molecule has 4 aliphatic rings. The van der Waals surface area contributed by atoms with Crippen LogP contribution >= 0.6 is 0 Å². The summed E-state index contributed by atoms with van der Waals surface area (Å²) in [6.45, 7) is 31.2. The summed E-state index contributed by atoms with van der Waals surface area (Å²) in [6, 6.07) is 46.0. The summed E-state index contributed by atoms with van der Waals surface area (Å²) < 4.78 is 7.01. The maximum atomic E-state index is 2.65. The van der Waals surface area contributed by atoms with E-state index in [-0.39, 0.29) is 0 Å². The molecule has 3 aromatic heterocycles. The lowest BCUT2D eigenvalue weighted by Gasteiger charge is -2.28. The SMILES string of the molecule is Cc1c(-c2c3ccc([Si](C)(C)C)cc3cc[n+]2C)cc(C2CCCCC2)cc1C1CCCCC1.Cc1cc(C2CCCCC2)cc(-c2c3ccc([Si](C)(C)C)cc3cc[n+]2C)c1C.Cc1ccc(C2CCCCC2)cc1-c1c2ccc([Si](C)(C)C)cc2cc[n+]1C. The standard InChI is InChI=1S/C32H44NSi.C27H36NSi.C26H34NSi/c1-23-30(25-14-10-7-11-15-25)21-27(24-12-8-6-9-13-24)22-31(23)32-29-17-16-28(34(3,4)5)20-26(29)18-19-33(32)2;1-19-16-23(21-10-8-7-9-11-21)18-26(20(19)2)27-25-13-12-24(29(4,5)6)17-22(25)14-15-28(27)3;1-19-11-12-21(20-9-7-6-8-10-20)18-25(19)26-24-14-13-23(28(3,4)5)17-22(24)15-16-27(26)2/h16-22,24-25H,6-15H2,1-5H3;12-18,21H,7-11H2,1-6H3;11-18,20H,6-10H2,1-5H3/q3*+1. The van der Waals surface area contributed by atoms with Crippen LogP contribution < -0.4 is 29.3 Å². The number of benzene rings is 6. The van der Waals surface area contributed by atoms with Gasteiger partial charge in [-0.3, -0.25) is 0 Å². The first-order valence-corrected chi connectivity index (χ1v) is 46.6. The van der Waals surface area contributed by atoms with Crippen LogP contribution in [0.3, 0.4) is 0 Å². The highest BCUT2D eigenvalue weighted by molar-refractivity contribution is 6.89. The maximum Gasteiger partial charge on any atom is 0.220 e. The summed E-state index contributed by atoms with van der Waals surface area (Å²) in [7, 11) is 2.66. The van der Waals surface area contributed by atoms with Crippen molar-refractivity contribution in [3.63, 3.8) is 0 Å². The molecule has 91 heavy (non-hydrogen) atoms. The zero-order valence-corrected chi connectivity index (χ0v) is 62.5. The molecule has 478 valence electrons. The molecule has 4 saturated carbocycles. The van der Waals surface area contributed by atoms with E-state index in [9.17, 15) is 0 Å². The first kappa shape index (κ1) is 66.6. The second kappa shape index (κ2) is 28.0. The Bertz CT molecular complexity index is 4070. The molecule has 6 heteroatoms. The van der Waals surface area contributed by atoms with E-state index < -0.39 is 24.2 Å². The van der Waals surface area contributed by atoms with Gasteiger partial charge in [0.2, 0.25) is 17.1 Å². The third kappa shape index (κ3) is 14.9. The molecule has 0 N–H and O–H groups in total. The van der Waals surface area contributed by atoms with Gasteiger partial charge in [-0.1, -0.05) is 212 Å². The largest absolute Gasteiger partial charge is 0.220 e. The van der Waals surface area contributed by atoms with Crippen LogP contribution in [0.25, 0.3) is 66.1 Å². The lowest BCUT2D eigenvalue weighted by Crippen LogP contribution is -2.37. The van der Waals surface area contributed by atoms with Gasteiger partial charge in [-0.25, -0.2) is 13.7 Å². The van der Waals surface area contributed by atoms with Crippen LogP contribution in [0.1, 0.15) is 197 Å². The molecular weight excluding hydrogens is 1150 g/mol. The minimum atomic E-state index is -1.34. The van der Waals surface area contributed by atoms with Gasteiger partial charge in [-0.05, 0) is 200 Å². The summed E-state index contributed by atoms with van der Waals surface area (Å²) in [5, 5.41) is 12.9. The highest BCUT2D eigenvalue weighted by atomic mass is 28.3. The summed E-state index contributed by atoms with van der Waals surface area (Å²) in [4.78, 5) is 0. The molecule has 4 fully saturated rings. The Morgan fingerprint density at radius 2 is 0.626 bits per heavy atom. The fourth-order valence-electron chi connectivity index (χ4n) is 16.4. The van der Waals surface area contributed by atoms with E-state index in [0.29, 0.717) is 0 Å². The zero-order valence-electron chi connectivity index (χ0n) is 59.5. The van der Waals surface area contributed by atoms with Crippen molar-refractivity contribution < 1.29 is 13.7 Å². The molecule has 3 heterocycles. The van der Waals surface area contributed by atoms with E-state index >= 15 is 0 Å². The number of aryl methyl sites for hydroxylation is 5. The van der Waals surface area contributed by atoms with Gasteiger partial charge in [0.05, 0.1) is 51.5 Å². The molecule has 0 saturated heterocycles. The smallest absolute Gasteiger partial charge is 0.200 e. The van der Waals surface area contributed by atoms with Crippen molar-refractivity contribution in [3.05, 3.63) is 178 Å². The van der Waals surface area contributed by atoms with E-state index in [2.05, 4.69) is 255 Å². The monoisotopic (exact) mass is 1260 g/mol. The molecule has 0 radical (unpaired) electrons. The van der Waals surface area contributed by atoms with Crippen molar-refractivity contribution in [1.82, 2.24) is 0 Å². The molecule has 4 aliphatic carbocycles. The van der Waals surface area contributed by atoms with Crippen LogP contribution in [0.15, 0.2) is 134 Å². The summed E-state index contributed by atoms with van der Waals surface area (Å²) in [5.74, 6) is 2.97. The van der Waals surface area contributed by atoms with Gasteiger partial charge >= 0.3 is 0 Å². The van der Waals surface area contributed by atoms with E-state index in [1.807, 2.05) is 0 Å². The molecule has 0 unspecified atom stereocenters. The minimum Gasteiger partial charge on any atom is -0.200 e. The lowest BCUT2D eigenvalue weighted by atomic mass is 9.76. The molecule has 9 aromatic rings. The van der Waals surface area contributed by atoms with Gasteiger partial charge < -0.3 is 0 Å². The Hall–Kier alpha value is -5.80. The van der Waals surface area contributed by atoms with Crippen molar-refractivity contribution in [3.8, 4) is 33.8 Å². The van der Waals surface area contributed by atoms with Gasteiger partial charge in [-0.15, -0.1) is 0 Å². The first-order valence-electron chi connectivity index (χ1n) is 36.1. The molecule has 3 nitrogen and oxygen atoms in total. The van der Waals surface area contributed by atoms with Crippen molar-refractivity contribution in [1.29, 1.82) is 0 Å². The number of rotatable bonds is 10. The first-order chi connectivity index (χ1) is 43.4. The van der Waals surface area contributed by atoms with Gasteiger partial charge in [0, 0.05) is 23.8 Å². The lowest BCUT2D eigenvalue weighted by molar-refractivity contribution is -0.659.